The molecule has 2 aromatic rings. The molecule has 0 radical (unpaired) electrons. The molecule has 0 saturated heterocycles. The largest absolute Gasteiger partial charge is 0.324 e. The molecular formula is C17H17N3OS. The Labute approximate surface area is 133 Å². The van der Waals surface area contributed by atoms with E-state index in [0.29, 0.717) is 10.6 Å². The van der Waals surface area contributed by atoms with Gasteiger partial charge in [0.1, 0.15) is 11.1 Å². The Hall–Kier alpha value is -2.32. The molecule has 112 valence electrons. The summed E-state index contributed by atoms with van der Waals surface area (Å²) < 4.78 is 0. The molecule has 1 aromatic heterocycles. The van der Waals surface area contributed by atoms with Gasteiger partial charge in [-0.1, -0.05) is 24.6 Å². The van der Waals surface area contributed by atoms with E-state index in [9.17, 15) is 10.1 Å². The number of urea groups is 1. The third-order valence-corrected chi connectivity index (χ3v) is 5.00. The zero-order valence-corrected chi connectivity index (χ0v) is 13.0. The second kappa shape index (κ2) is 6.63. The summed E-state index contributed by atoms with van der Waals surface area (Å²) in [6, 6.07) is 11.2. The van der Waals surface area contributed by atoms with Crippen molar-refractivity contribution in [1.29, 1.82) is 5.26 Å². The minimum Gasteiger partial charge on any atom is -0.308 e. The molecule has 1 aliphatic carbocycles. The molecule has 4 nitrogen and oxygen atoms in total. The lowest BCUT2D eigenvalue weighted by Gasteiger charge is -2.06. The monoisotopic (exact) mass is 311 g/mol. The SMILES string of the molecule is N#Cc1c(NC(=O)Nc2ccccc2)sc2c1CCCCC2. The van der Waals surface area contributed by atoms with Crippen LogP contribution in [0.1, 0.15) is 35.3 Å². The Morgan fingerprint density at radius 3 is 2.64 bits per heavy atom. The van der Waals surface area contributed by atoms with Crippen LogP contribution in [0.2, 0.25) is 0 Å². The second-order valence-electron chi connectivity index (χ2n) is 5.33. The van der Waals surface area contributed by atoms with Crippen molar-refractivity contribution in [2.45, 2.75) is 32.1 Å². The summed E-state index contributed by atoms with van der Waals surface area (Å²) in [5.74, 6) is 0. The number of thiophene rings is 1. The van der Waals surface area contributed by atoms with Gasteiger partial charge in [-0.25, -0.2) is 4.79 Å². The van der Waals surface area contributed by atoms with Gasteiger partial charge in [-0.2, -0.15) is 5.26 Å². The molecule has 2 N–H and O–H groups in total. The maximum absolute atomic E-state index is 12.1. The molecule has 0 bridgehead atoms. The van der Waals surface area contributed by atoms with Crippen LogP contribution in [-0.4, -0.2) is 6.03 Å². The number of nitrogens with zero attached hydrogens (tertiary/aromatic N) is 1. The Kier molecular flexibility index (Phi) is 4.40. The fourth-order valence-corrected chi connectivity index (χ4v) is 3.97. The fourth-order valence-electron chi connectivity index (χ4n) is 2.74. The molecule has 2 amide bonds. The molecule has 1 heterocycles. The van der Waals surface area contributed by atoms with E-state index in [-0.39, 0.29) is 6.03 Å². The minimum absolute atomic E-state index is 0.306. The van der Waals surface area contributed by atoms with Crippen molar-refractivity contribution >= 4 is 28.1 Å². The summed E-state index contributed by atoms with van der Waals surface area (Å²) >= 11 is 1.54. The summed E-state index contributed by atoms with van der Waals surface area (Å²) in [7, 11) is 0. The van der Waals surface area contributed by atoms with Gasteiger partial charge in [0.05, 0.1) is 5.56 Å². The van der Waals surface area contributed by atoms with Crippen LogP contribution in [0.4, 0.5) is 15.5 Å². The molecule has 0 fully saturated rings. The molecule has 5 heteroatoms. The number of nitrogens with one attached hydrogen (secondary N) is 2. The van der Waals surface area contributed by atoms with Gasteiger partial charge in [0.2, 0.25) is 0 Å². The number of benzene rings is 1. The third kappa shape index (κ3) is 3.12. The molecular weight excluding hydrogens is 294 g/mol. The first-order valence-corrected chi connectivity index (χ1v) is 8.27. The van der Waals surface area contributed by atoms with E-state index in [0.717, 1.165) is 36.9 Å². The molecule has 1 aliphatic rings. The van der Waals surface area contributed by atoms with Crippen molar-refractivity contribution in [3.05, 3.63) is 46.3 Å². The van der Waals surface area contributed by atoms with Crippen LogP contribution < -0.4 is 10.6 Å². The number of hydrogen-bond acceptors (Lipinski definition) is 3. The van der Waals surface area contributed by atoms with Crippen molar-refractivity contribution in [3.8, 4) is 6.07 Å². The van der Waals surface area contributed by atoms with E-state index in [1.807, 2.05) is 30.3 Å². The normalized spacial score (nSPS) is 13.6. The number of hydrogen-bond donors (Lipinski definition) is 2. The lowest BCUT2D eigenvalue weighted by atomic mass is 10.1. The Bertz CT molecular complexity index is 715. The number of rotatable bonds is 2. The van der Waals surface area contributed by atoms with Gasteiger partial charge in [-0.3, -0.25) is 5.32 Å². The van der Waals surface area contributed by atoms with Crippen molar-refractivity contribution in [1.82, 2.24) is 0 Å². The van der Waals surface area contributed by atoms with Crippen molar-refractivity contribution in [2.75, 3.05) is 10.6 Å². The molecule has 0 saturated carbocycles. The quantitative estimate of drug-likeness (QED) is 0.800. The number of carbonyl (C=O) groups is 1. The van der Waals surface area contributed by atoms with Crippen LogP contribution in [0.15, 0.2) is 30.3 Å². The maximum atomic E-state index is 12.1. The number of carbonyl (C=O) groups excluding carboxylic acids is 1. The highest BCUT2D eigenvalue weighted by Crippen LogP contribution is 2.36. The average molecular weight is 311 g/mol. The molecule has 1 aromatic carbocycles. The number of amides is 2. The highest BCUT2D eigenvalue weighted by Gasteiger charge is 2.20. The third-order valence-electron chi connectivity index (χ3n) is 3.79. The van der Waals surface area contributed by atoms with E-state index < -0.39 is 0 Å². The van der Waals surface area contributed by atoms with Crippen LogP contribution in [0, 0.1) is 11.3 Å². The standard InChI is InChI=1S/C17H17N3OS/c18-11-14-13-9-5-2-6-10-15(13)22-16(14)20-17(21)19-12-7-3-1-4-8-12/h1,3-4,7-8H,2,5-6,9-10H2,(H2,19,20,21). The van der Waals surface area contributed by atoms with Crippen LogP contribution in [0.5, 0.6) is 0 Å². The molecule has 0 atom stereocenters. The number of fused-ring (bicyclic) bond motifs is 1. The summed E-state index contributed by atoms with van der Waals surface area (Å²) in [4.78, 5) is 13.4. The maximum Gasteiger partial charge on any atom is 0.324 e. The van der Waals surface area contributed by atoms with E-state index in [4.69, 9.17) is 0 Å². The lowest BCUT2D eigenvalue weighted by Crippen LogP contribution is -2.19. The minimum atomic E-state index is -0.306. The van der Waals surface area contributed by atoms with Gasteiger partial charge in [0, 0.05) is 10.6 Å². The molecule has 22 heavy (non-hydrogen) atoms. The molecule has 0 aliphatic heterocycles. The highest BCUT2D eigenvalue weighted by atomic mass is 32.1. The first-order valence-electron chi connectivity index (χ1n) is 7.45. The zero-order chi connectivity index (χ0) is 15.4. The van der Waals surface area contributed by atoms with Gasteiger partial charge >= 0.3 is 6.03 Å². The number of nitriles is 1. The van der Waals surface area contributed by atoms with Crippen LogP contribution in [-0.2, 0) is 12.8 Å². The van der Waals surface area contributed by atoms with Gasteiger partial charge in [0.25, 0.3) is 0 Å². The summed E-state index contributed by atoms with van der Waals surface area (Å²) in [6.45, 7) is 0. The van der Waals surface area contributed by atoms with Gasteiger partial charge in [-0.05, 0) is 43.4 Å². The van der Waals surface area contributed by atoms with Gasteiger partial charge in [-0.15, -0.1) is 11.3 Å². The average Bonchev–Trinajstić information content (AvgIpc) is 2.69. The number of anilines is 2. The predicted octanol–water partition coefficient (Wildman–Crippen LogP) is 4.53. The Morgan fingerprint density at radius 2 is 1.86 bits per heavy atom. The lowest BCUT2D eigenvalue weighted by molar-refractivity contribution is 0.262. The molecule has 0 unspecified atom stereocenters. The predicted molar refractivity (Wildman–Crippen MR) is 89.4 cm³/mol. The highest BCUT2D eigenvalue weighted by molar-refractivity contribution is 7.16. The van der Waals surface area contributed by atoms with Crippen LogP contribution in [0.25, 0.3) is 0 Å². The summed E-state index contributed by atoms with van der Waals surface area (Å²) in [5.41, 5.74) is 2.52. The van der Waals surface area contributed by atoms with Crippen molar-refractivity contribution in [3.63, 3.8) is 0 Å². The topological polar surface area (TPSA) is 64.9 Å². The van der Waals surface area contributed by atoms with Gasteiger partial charge < -0.3 is 5.32 Å². The smallest absolute Gasteiger partial charge is 0.308 e. The molecule has 3 rings (SSSR count). The fraction of sp³-hybridized carbons (Fsp3) is 0.294. The van der Waals surface area contributed by atoms with E-state index in [1.165, 1.54) is 11.3 Å². The van der Waals surface area contributed by atoms with Gasteiger partial charge in [0.15, 0.2) is 0 Å². The molecule has 0 spiro atoms. The Balaban J connectivity index is 1.78. The van der Waals surface area contributed by atoms with Crippen LogP contribution >= 0.6 is 11.3 Å². The van der Waals surface area contributed by atoms with E-state index in [1.54, 1.807) is 11.3 Å². The van der Waals surface area contributed by atoms with E-state index in [2.05, 4.69) is 16.7 Å². The summed E-state index contributed by atoms with van der Waals surface area (Å²) in [6.07, 6.45) is 5.44. The number of para-hydroxylation sites is 1. The first-order chi connectivity index (χ1) is 10.8. The second-order valence-corrected chi connectivity index (χ2v) is 6.43. The Morgan fingerprint density at radius 1 is 1.09 bits per heavy atom. The van der Waals surface area contributed by atoms with E-state index >= 15 is 0 Å². The number of aryl methyl sites for hydroxylation is 1. The van der Waals surface area contributed by atoms with Crippen LogP contribution in [0.3, 0.4) is 0 Å². The summed E-state index contributed by atoms with van der Waals surface area (Å²) in [5, 5.41) is 15.7. The van der Waals surface area contributed by atoms with Crippen molar-refractivity contribution in [2.24, 2.45) is 0 Å². The zero-order valence-electron chi connectivity index (χ0n) is 12.2. The first kappa shape index (κ1) is 14.6. The van der Waals surface area contributed by atoms with Crippen molar-refractivity contribution < 1.29 is 4.79 Å².